The van der Waals surface area contributed by atoms with Crippen LogP contribution in [-0.4, -0.2) is 0 Å². The van der Waals surface area contributed by atoms with E-state index in [9.17, 15) is 0 Å². The van der Waals surface area contributed by atoms with Gasteiger partial charge in [0.1, 0.15) is 0 Å². The second-order valence-electron chi connectivity index (χ2n) is 7.39. The van der Waals surface area contributed by atoms with E-state index < -0.39 is 0 Å². The molecule has 0 bridgehead atoms. The van der Waals surface area contributed by atoms with Gasteiger partial charge in [-0.2, -0.15) is 0 Å². The van der Waals surface area contributed by atoms with E-state index in [1.807, 2.05) is 11.8 Å². The van der Waals surface area contributed by atoms with E-state index in [2.05, 4.69) is 133 Å². The predicted molar refractivity (Wildman–Crippen MR) is 129 cm³/mol. The summed E-state index contributed by atoms with van der Waals surface area (Å²) in [6.45, 7) is 0. The lowest BCUT2D eigenvalue weighted by atomic mass is 9.84. The maximum atomic E-state index is 2.31. The SMILES string of the molecule is c1ccc(C(Sc2ccc3ccccc3c2)(c2ccccc2)c2ccccc2)cc1. The molecule has 0 aromatic heterocycles. The van der Waals surface area contributed by atoms with Crippen LogP contribution in [0.15, 0.2) is 138 Å². The van der Waals surface area contributed by atoms with Gasteiger partial charge in [-0.1, -0.05) is 121 Å². The van der Waals surface area contributed by atoms with Crippen molar-refractivity contribution in [2.24, 2.45) is 0 Å². The largest absolute Gasteiger partial charge is 0.105 e. The van der Waals surface area contributed by atoms with Gasteiger partial charge >= 0.3 is 0 Å². The molecule has 144 valence electrons. The van der Waals surface area contributed by atoms with Crippen molar-refractivity contribution in [2.75, 3.05) is 0 Å². The first-order valence-corrected chi connectivity index (χ1v) is 11.0. The van der Waals surface area contributed by atoms with Gasteiger partial charge in [0.25, 0.3) is 0 Å². The maximum Gasteiger partial charge on any atom is 0.0954 e. The topological polar surface area (TPSA) is 0 Å². The fourth-order valence-electron chi connectivity index (χ4n) is 4.10. The molecule has 5 aromatic rings. The van der Waals surface area contributed by atoms with Crippen molar-refractivity contribution in [1.82, 2.24) is 0 Å². The van der Waals surface area contributed by atoms with Gasteiger partial charge < -0.3 is 0 Å². The number of rotatable bonds is 5. The molecule has 0 unspecified atom stereocenters. The van der Waals surface area contributed by atoms with Crippen molar-refractivity contribution in [1.29, 1.82) is 0 Å². The number of benzene rings is 5. The van der Waals surface area contributed by atoms with Crippen molar-refractivity contribution in [2.45, 2.75) is 9.64 Å². The Morgan fingerprint density at radius 2 is 0.833 bits per heavy atom. The van der Waals surface area contributed by atoms with Crippen LogP contribution >= 0.6 is 11.8 Å². The molecule has 5 rings (SSSR count). The molecule has 1 heteroatoms. The summed E-state index contributed by atoms with van der Waals surface area (Å²) in [4.78, 5) is 1.25. The maximum absolute atomic E-state index is 2.31. The molecule has 0 N–H and O–H groups in total. The Kier molecular flexibility index (Phi) is 5.13. The van der Waals surface area contributed by atoms with Gasteiger partial charge in [0.15, 0.2) is 0 Å². The summed E-state index contributed by atoms with van der Waals surface area (Å²) in [5.74, 6) is 0. The quantitative estimate of drug-likeness (QED) is 0.212. The highest BCUT2D eigenvalue weighted by Gasteiger charge is 2.37. The lowest BCUT2D eigenvalue weighted by molar-refractivity contribution is 0.894. The fraction of sp³-hybridized carbons (Fsp3) is 0.0345. The zero-order chi connectivity index (χ0) is 20.2. The highest BCUT2D eigenvalue weighted by atomic mass is 32.2. The molecule has 0 radical (unpaired) electrons. The van der Waals surface area contributed by atoms with Crippen molar-refractivity contribution < 1.29 is 0 Å². The molecule has 0 atom stereocenters. The third kappa shape index (κ3) is 3.42. The molecule has 0 heterocycles. The third-order valence-electron chi connectivity index (χ3n) is 5.53. The van der Waals surface area contributed by atoms with E-state index in [0.29, 0.717) is 0 Å². The molecule has 5 aromatic carbocycles. The average molecular weight is 403 g/mol. The van der Waals surface area contributed by atoms with E-state index in [1.54, 1.807) is 0 Å². The Morgan fingerprint density at radius 1 is 0.400 bits per heavy atom. The zero-order valence-electron chi connectivity index (χ0n) is 16.6. The Bertz CT molecular complexity index is 1150. The van der Waals surface area contributed by atoms with E-state index in [1.165, 1.54) is 32.4 Å². The minimum Gasteiger partial charge on any atom is -0.105 e. The summed E-state index contributed by atoms with van der Waals surface area (Å²) in [5, 5.41) is 2.54. The fourth-order valence-corrected chi connectivity index (χ4v) is 5.54. The number of hydrogen-bond donors (Lipinski definition) is 0. The molecule has 0 amide bonds. The van der Waals surface area contributed by atoms with Crippen molar-refractivity contribution >= 4 is 22.5 Å². The van der Waals surface area contributed by atoms with Gasteiger partial charge in [0.05, 0.1) is 4.75 Å². The average Bonchev–Trinajstić information content (AvgIpc) is 2.84. The van der Waals surface area contributed by atoms with Crippen molar-refractivity contribution in [3.63, 3.8) is 0 Å². The van der Waals surface area contributed by atoms with E-state index in [-0.39, 0.29) is 4.75 Å². The second-order valence-corrected chi connectivity index (χ2v) is 8.68. The highest BCUT2D eigenvalue weighted by Crippen LogP contribution is 2.51. The number of fused-ring (bicyclic) bond motifs is 1. The molecule has 0 nitrogen and oxygen atoms in total. The molecule has 0 aliphatic carbocycles. The smallest absolute Gasteiger partial charge is 0.0954 e. The Labute approximate surface area is 182 Å². The summed E-state index contributed by atoms with van der Waals surface area (Å²) >= 11 is 1.91. The Hall–Kier alpha value is -3.29. The van der Waals surface area contributed by atoms with Crippen LogP contribution in [0.3, 0.4) is 0 Å². The summed E-state index contributed by atoms with van der Waals surface area (Å²) in [6, 6.07) is 47.9. The van der Waals surface area contributed by atoms with Crippen LogP contribution in [0.5, 0.6) is 0 Å². The summed E-state index contributed by atoms with van der Waals surface area (Å²) in [6.07, 6.45) is 0. The van der Waals surface area contributed by atoms with Gasteiger partial charge in [0, 0.05) is 4.90 Å². The monoisotopic (exact) mass is 402 g/mol. The first-order valence-electron chi connectivity index (χ1n) is 10.2. The molecular formula is C29H22S. The predicted octanol–water partition coefficient (Wildman–Crippen LogP) is 7.92. The summed E-state index contributed by atoms with van der Waals surface area (Å²) < 4.78 is -0.341. The normalized spacial score (nSPS) is 11.5. The van der Waals surface area contributed by atoms with Gasteiger partial charge in [0.2, 0.25) is 0 Å². The molecule has 0 fully saturated rings. The van der Waals surface area contributed by atoms with Crippen LogP contribution in [0, 0.1) is 0 Å². The third-order valence-corrected chi connectivity index (χ3v) is 7.04. The van der Waals surface area contributed by atoms with E-state index >= 15 is 0 Å². The Balaban J connectivity index is 1.76. The second kappa shape index (κ2) is 8.22. The van der Waals surface area contributed by atoms with Crippen molar-refractivity contribution in [3.8, 4) is 0 Å². The molecule has 0 saturated heterocycles. The summed E-state index contributed by atoms with van der Waals surface area (Å²) in [5.41, 5.74) is 3.83. The molecule has 0 aliphatic rings. The van der Waals surface area contributed by atoms with Gasteiger partial charge in [-0.3, -0.25) is 0 Å². The van der Waals surface area contributed by atoms with Crippen LogP contribution < -0.4 is 0 Å². The lowest BCUT2D eigenvalue weighted by Gasteiger charge is -2.35. The lowest BCUT2D eigenvalue weighted by Crippen LogP contribution is -2.25. The van der Waals surface area contributed by atoms with Crippen LogP contribution in [0.25, 0.3) is 10.8 Å². The van der Waals surface area contributed by atoms with Gasteiger partial charge in [-0.25, -0.2) is 0 Å². The minimum absolute atomic E-state index is 0.341. The van der Waals surface area contributed by atoms with Crippen LogP contribution in [-0.2, 0) is 4.75 Å². The minimum atomic E-state index is -0.341. The zero-order valence-corrected chi connectivity index (χ0v) is 17.4. The highest BCUT2D eigenvalue weighted by molar-refractivity contribution is 8.00. The number of thioether (sulfide) groups is 1. The first-order chi connectivity index (χ1) is 14.9. The van der Waals surface area contributed by atoms with Crippen LogP contribution in [0.4, 0.5) is 0 Å². The van der Waals surface area contributed by atoms with Crippen molar-refractivity contribution in [3.05, 3.63) is 150 Å². The van der Waals surface area contributed by atoms with Crippen LogP contribution in [0.1, 0.15) is 16.7 Å². The van der Waals surface area contributed by atoms with Gasteiger partial charge in [-0.05, 0) is 39.6 Å². The van der Waals surface area contributed by atoms with Crippen LogP contribution in [0.2, 0.25) is 0 Å². The first kappa shape index (κ1) is 18.7. The van der Waals surface area contributed by atoms with Gasteiger partial charge in [-0.15, -0.1) is 11.8 Å². The molecule has 0 aliphatic heterocycles. The van der Waals surface area contributed by atoms with E-state index in [0.717, 1.165) is 0 Å². The molecule has 30 heavy (non-hydrogen) atoms. The van der Waals surface area contributed by atoms with E-state index in [4.69, 9.17) is 0 Å². The molecule has 0 saturated carbocycles. The standard InChI is InChI=1S/C29H22S/c1-4-14-25(15-5-1)29(26-16-6-2-7-17-26,27-18-8-3-9-19-27)30-28-21-20-23-12-10-11-13-24(23)22-28/h1-22H. The summed E-state index contributed by atoms with van der Waals surface area (Å²) in [7, 11) is 0. The molecule has 0 spiro atoms. The number of hydrogen-bond acceptors (Lipinski definition) is 1. The molecular weight excluding hydrogens is 380 g/mol. The Morgan fingerprint density at radius 3 is 1.33 bits per heavy atom.